The quantitative estimate of drug-likeness (QED) is 0.856. The maximum atomic E-state index is 13.9. The number of ether oxygens (including phenoxy) is 1. The molecule has 0 bridgehead atoms. The van der Waals surface area contributed by atoms with Crippen LogP contribution >= 0.6 is 11.6 Å². The number of likely N-dealkylation sites (tertiary alicyclic amines) is 1. The summed E-state index contributed by atoms with van der Waals surface area (Å²) in [6, 6.07) is 18.2. The number of amides is 1. The molecule has 0 unspecified atom stereocenters. The molecule has 2 heterocycles. The van der Waals surface area contributed by atoms with Crippen molar-refractivity contribution in [2.75, 3.05) is 32.8 Å². The highest BCUT2D eigenvalue weighted by Crippen LogP contribution is 2.42. The van der Waals surface area contributed by atoms with E-state index in [1.807, 2.05) is 35.2 Å². The Bertz CT molecular complexity index is 820. The number of halogens is 1. The number of nitrogens with two attached hydrogens (primary N) is 1. The van der Waals surface area contributed by atoms with E-state index < -0.39 is 5.41 Å². The van der Waals surface area contributed by atoms with E-state index in [0.29, 0.717) is 50.7 Å². The SMILES string of the molecule is NC[C@@H]1CN(C(=O)C2(c3ccccc3Cl)CCOCC2)C[C@H]1c1ccccc1. The van der Waals surface area contributed by atoms with Gasteiger partial charge in [0.05, 0.1) is 5.41 Å². The fourth-order valence-electron chi connectivity index (χ4n) is 4.82. The number of benzene rings is 2. The topological polar surface area (TPSA) is 55.6 Å². The summed E-state index contributed by atoms with van der Waals surface area (Å²) in [6.45, 7) is 3.13. The Labute approximate surface area is 171 Å². The highest BCUT2D eigenvalue weighted by molar-refractivity contribution is 6.31. The van der Waals surface area contributed by atoms with Crippen LogP contribution in [0.15, 0.2) is 54.6 Å². The van der Waals surface area contributed by atoms with Gasteiger partial charge in [-0.15, -0.1) is 0 Å². The Kier molecular flexibility index (Phi) is 5.72. The van der Waals surface area contributed by atoms with Gasteiger partial charge in [-0.2, -0.15) is 0 Å². The fraction of sp³-hybridized carbons (Fsp3) is 0.435. The molecule has 0 saturated carbocycles. The van der Waals surface area contributed by atoms with Crippen molar-refractivity contribution in [1.29, 1.82) is 0 Å². The second-order valence-corrected chi connectivity index (χ2v) is 8.30. The Morgan fingerprint density at radius 1 is 1.07 bits per heavy atom. The van der Waals surface area contributed by atoms with Crippen LogP contribution < -0.4 is 5.73 Å². The van der Waals surface area contributed by atoms with E-state index in [1.54, 1.807) is 0 Å². The first kappa shape index (κ1) is 19.4. The van der Waals surface area contributed by atoms with E-state index in [4.69, 9.17) is 22.1 Å². The van der Waals surface area contributed by atoms with Crippen LogP contribution in [0.4, 0.5) is 0 Å². The van der Waals surface area contributed by atoms with Crippen LogP contribution in [0.25, 0.3) is 0 Å². The molecule has 0 aromatic heterocycles. The number of rotatable bonds is 4. The van der Waals surface area contributed by atoms with Crippen LogP contribution in [0.3, 0.4) is 0 Å². The van der Waals surface area contributed by atoms with Crippen molar-refractivity contribution in [2.45, 2.75) is 24.2 Å². The number of hydrogen-bond acceptors (Lipinski definition) is 3. The largest absolute Gasteiger partial charge is 0.381 e. The maximum absolute atomic E-state index is 13.9. The Morgan fingerprint density at radius 2 is 1.75 bits per heavy atom. The number of carbonyl (C=O) groups is 1. The van der Waals surface area contributed by atoms with E-state index in [1.165, 1.54) is 5.56 Å². The second-order valence-electron chi connectivity index (χ2n) is 7.90. The molecule has 2 aromatic carbocycles. The predicted molar refractivity (Wildman–Crippen MR) is 111 cm³/mol. The van der Waals surface area contributed by atoms with Crippen molar-refractivity contribution >= 4 is 17.5 Å². The van der Waals surface area contributed by atoms with Gasteiger partial charge in [-0.25, -0.2) is 0 Å². The van der Waals surface area contributed by atoms with Crippen LogP contribution in [-0.4, -0.2) is 43.7 Å². The third-order valence-electron chi connectivity index (χ3n) is 6.40. The lowest BCUT2D eigenvalue weighted by atomic mass is 9.73. The highest BCUT2D eigenvalue weighted by Gasteiger charge is 2.48. The third kappa shape index (κ3) is 3.45. The zero-order chi connectivity index (χ0) is 19.6. The summed E-state index contributed by atoms with van der Waals surface area (Å²) in [5.74, 6) is 0.716. The van der Waals surface area contributed by atoms with Crippen LogP contribution in [0.5, 0.6) is 0 Å². The molecule has 2 aromatic rings. The Hall–Kier alpha value is -1.88. The van der Waals surface area contributed by atoms with Crippen molar-refractivity contribution in [3.05, 3.63) is 70.7 Å². The highest BCUT2D eigenvalue weighted by atomic mass is 35.5. The van der Waals surface area contributed by atoms with Gasteiger partial charge in [0, 0.05) is 37.2 Å². The van der Waals surface area contributed by atoms with Crippen molar-refractivity contribution in [3.8, 4) is 0 Å². The summed E-state index contributed by atoms with van der Waals surface area (Å²) in [5.41, 5.74) is 7.67. The molecule has 2 atom stereocenters. The molecular weight excluding hydrogens is 372 g/mol. The van der Waals surface area contributed by atoms with Crippen LogP contribution in [-0.2, 0) is 14.9 Å². The van der Waals surface area contributed by atoms with Gasteiger partial charge in [0.15, 0.2) is 0 Å². The lowest BCUT2D eigenvalue weighted by molar-refractivity contribution is -0.140. The molecule has 0 aliphatic carbocycles. The van der Waals surface area contributed by atoms with Crippen molar-refractivity contribution in [2.24, 2.45) is 11.7 Å². The van der Waals surface area contributed by atoms with Gasteiger partial charge >= 0.3 is 0 Å². The maximum Gasteiger partial charge on any atom is 0.233 e. The summed E-state index contributed by atoms with van der Waals surface area (Å²) in [5, 5.41) is 0.659. The van der Waals surface area contributed by atoms with Gasteiger partial charge in [-0.05, 0) is 42.5 Å². The molecule has 4 rings (SSSR count). The first-order valence-corrected chi connectivity index (χ1v) is 10.4. The minimum atomic E-state index is -0.610. The normalized spacial score (nSPS) is 24.3. The van der Waals surface area contributed by atoms with Crippen LogP contribution in [0.2, 0.25) is 5.02 Å². The van der Waals surface area contributed by atoms with Gasteiger partial charge in [-0.3, -0.25) is 4.79 Å². The minimum absolute atomic E-state index is 0.167. The minimum Gasteiger partial charge on any atom is -0.381 e. The lowest BCUT2D eigenvalue weighted by Crippen LogP contribution is -2.49. The van der Waals surface area contributed by atoms with Crippen molar-refractivity contribution in [3.63, 3.8) is 0 Å². The van der Waals surface area contributed by atoms with E-state index in [-0.39, 0.29) is 17.7 Å². The molecule has 0 radical (unpaired) electrons. The average molecular weight is 399 g/mol. The van der Waals surface area contributed by atoms with Crippen molar-refractivity contribution in [1.82, 2.24) is 4.90 Å². The van der Waals surface area contributed by atoms with Gasteiger partial charge < -0.3 is 15.4 Å². The standard InChI is InChI=1S/C23H27ClN2O2/c24-21-9-5-4-8-20(21)23(10-12-28-13-11-23)22(27)26-15-18(14-25)19(16-26)17-6-2-1-3-7-17/h1-9,18-19H,10-16,25H2/t18-,19+/m1/s1. The molecule has 0 spiro atoms. The number of hydrogen-bond donors (Lipinski definition) is 1. The van der Waals surface area contributed by atoms with Gasteiger partial charge in [0.25, 0.3) is 0 Å². The summed E-state index contributed by atoms with van der Waals surface area (Å²) >= 11 is 6.55. The van der Waals surface area contributed by atoms with Crippen LogP contribution in [0.1, 0.15) is 29.9 Å². The molecule has 1 amide bonds. The van der Waals surface area contributed by atoms with Gasteiger partial charge in [-0.1, -0.05) is 60.1 Å². The van der Waals surface area contributed by atoms with E-state index in [9.17, 15) is 4.79 Å². The number of nitrogens with zero attached hydrogens (tertiary/aromatic N) is 1. The van der Waals surface area contributed by atoms with E-state index >= 15 is 0 Å². The predicted octanol–water partition coefficient (Wildman–Crippen LogP) is 3.59. The molecule has 4 nitrogen and oxygen atoms in total. The summed E-state index contributed by atoms with van der Waals surface area (Å²) < 4.78 is 5.60. The molecule has 2 aliphatic heterocycles. The molecule has 5 heteroatoms. The Balaban J connectivity index is 1.65. The number of carbonyl (C=O) groups excluding carboxylic acids is 1. The first-order chi connectivity index (χ1) is 13.7. The van der Waals surface area contributed by atoms with E-state index in [0.717, 1.165) is 5.56 Å². The molecule has 148 valence electrons. The molecule has 2 aliphatic rings. The molecule has 28 heavy (non-hydrogen) atoms. The second kappa shape index (κ2) is 8.24. The van der Waals surface area contributed by atoms with Crippen LogP contribution in [0, 0.1) is 5.92 Å². The summed E-state index contributed by atoms with van der Waals surface area (Å²) in [4.78, 5) is 15.9. The average Bonchev–Trinajstić information content (AvgIpc) is 3.19. The third-order valence-corrected chi connectivity index (χ3v) is 6.73. The van der Waals surface area contributed by atoms with Crippen molar-refractivity contribution < 1.29 is 9.53 Å². The molecule has 2 N–H and O–H groups in total. The fourth-order valence-corrected chi connectivity index (χ4v) is 5.14. The zero-order valence-corrected chi connectivity index (χ0v) is 16.8. The monoisotopic (exact) mass is 398 g/mol. The van der Waals surface area contributed by atoms with Gasteiger partial charge in [0.1, 0.15) is 0 Å². The summed E-state index contributed by atoms with van der Waals surface area (Å²) in [7, 11) is 0. The Morgan fingerprint density at radius 3 is 2.43 bits per heavy atom. The molecule has 2 saturated heterocycles. The van der Waals surface area contributed by atoms with E-state index in [2.05, 4.69) is 24.3 Å². The summed E-state index contributed by atoms with van der Waals surface area (Å²) in [6.07, 6.45) is 1.32. The van der Waals surface area contributed by atoms with Gasteiger partial charge in [0.2, 0.25) is 5.91 Å². The smallest absolute Gasteiger partial charge is 0.233 e. The zero-order valence-electron chi connectivity index (χ0n) is 16.0. The molecular formula is C23H27ClN2O2. The first-order valence-electron chi connectivity index (χ1n) is 10.0. The lowest BCUT2D eigenvalue weighted by Gasteiger charge is -2.39. The molecule has 2 fully saturated rings.